The highest BCUT2D eigenvalue weighted by atomic mass is 16.7. The Labute approximate surface area is 346 Å². The molecule has 0 unspecified atom stereocenters. The molecule has 0 aliphatic carbocycles. The lowest BCUT2D eigenvalue weighted by Crippen LogP contribution is -2.60. The maximum atomic E-state index is 14.0. The summed E-state index contributed by atoms with van der Waals surface area (Å²) in [6.45, 7) is -1.49. The maximum absolute atomic E-state index is 14.0. The van der Waals surface area contributed by atoms with E-state index in [4.69, 9.17) is 23.7 Å². The summed E-state index contributed by atoms with van der Waals surface area (Å²) in [5, 5.41) is 136. The third-order valence-electron chi connectivity index (χ3n) is 11.1. The van der Waals surface area contributed by atoms with E-state index in [2.05, 4.69) is 0 Å². The van der Waals surface area contributed by atoms with E-state index in [9.17, 15) is 71.2 Å². The number of phenolic OH excluding ortho intramolecular Hbond substituents is 5. The van der Waals surface area contributed by atoms with Gasteiger partial charge in [-0.15, -0.1) is 0 Å². The number of ether oxygens (including phenoxy) is 5. The molecule has 0 spiro atoms. The highest BCUT2D eigenvalue weighted by molar-refractivity contribution is 6.03. The van der Waals surface area contributed by atoms with Crippen LogP contribution in [0.2, 0.25) is 0 Å². The lowest BCUT2D eigenvalue weighted by molar-refractivity contribution is -0.277. The van der Waals surface area contributed by atoms with Crippen molar-refractivity contribution in [1.82, 2.24) is 0 Å². The van der Waals surface area contributed by atoms with Crippen LogP contribution in [0.4, 0.5) is 0 Å². The van der Waals surface area contributed by atoms with Crippen molar-refractivity contribution in [3.63, 3.8) is 0 Å². The Kier molecular flexibility index (Phi) is 12.8. The van der Waals surface area contributed by atoms with Gasteiger partial charge in [-0.3, -0.25) is 4.79 Å². The number of hydrogen-bond acceptors (Lipinski definition) is 19. The second-order valence-corrected chi connectivity index (χ2v) is 15.1. The molecule has 0 bridgehead atoms. The first-order chi connectivity index (χ1) is 29.1. The molecule has 0 aromatic heterocycles. The number of aliphatic hydroxyl groups excluding tert-OH is 8. The molecule has 19 nitrogen and oxygen atoms in total. The third-order valence-corrected chi connectivity index (χ3v) is 11.1. The number of hydrogen-bond donors (Lipinski definition) is 13. The van der Waals surface area contributed by atoms with Gasteiger partial charge in [-0.25, -0.2) is 0 Å². The number of rotatable bonds is 12. The zero-order chi connectivity index (χ0) is 43.9. The first-order valence-corrected chi connectivity index (χ1v) is 19.3. The van der Waals surface area contributed by atoms with E-state index >= 15 is 0 Å². The van der Waals surface area contributed by atoms with Gasteiger partial charge in [-0.05, 0) is 54.3 Å². The summed E-state index contributed by atoms with van der Waals surface area (Å²) in [6.07, 6.45) is -17.9. The number of aryl methyl sites for hydroxylation is 1. The Morgan fingerprint density at radius 3 is 1.82 bits per heavy atom. The van der Waals surface area contributed by atoms with E-state index < -0.39 is 110 Å². The van der Waals surface area contributed by atoms with Crippen LogP contribution in [0, 0.1) is 0 Å². The van der Waals surface area contributed by atoms with Gasteiger partial charge in [0, 0.05) is 29.2 Å². The lowest BCUT2D eigenvalue weighted by Gasteiger charge is -2.40. The molecule has 0 saturated carbocycles. The SMILES string of the molecule is O=C1C[C@@H](c2ccc(O)c(O[C@@H]3O[C@H](CO)[C@@H](O)[C@H](O)[C@H]3O)c2)Oc2c1c(O)cc(O)c2[C@@H](CCc1ccc(O)cc1)c1ccc(O)cc1O[C@@H]1O[C@H](CO)[C@@H](O)[C@H](O)[C@H]1O. The predicted octanol–water partition coefficient (Wildman–Crippen LogP) is 0.0432. The van der Waals surface area contributed by atoms with Crippen molar-refractivity contribution in [3.05, 3.63) is 94.5 Å². The molecule has 61 heavy (non-hydrogen) atoms. The highest BCUT2D eigenvalue weighted by Gasteiger charge is 2.47. The van der Waals surface area contributed by atoms with E-state index in [1.54, 1.807) is 12.1 Å². The smallest absolute Gasteiger partial charge is 0.229 e. The minimum Gasteiger partial charge on any atom is -0.508 e. The van der Waals surface area contributed by atoms with Gasteiger partial charge in [0.05, 0.1) is 19.6 Å². The monoisotopic (exact) mass is 854 g/mol. The van der Waals surface area contributed by atoms with E-state index in [0.29, 0.717) is 0 Å². The average molecular weight is 855 g/mol. The van der Waals surface area contributed by atoms with Gasteiger partial charge in [-0.1, -0.05) is 24.3 Å². The van der Waals surface area contributed by atoms with Crippen molar-refractivity contribution >= 4 is 5.78 Å². The summed E-state index contributed by atoms with van der Waals surface area (Å²) < 4.78 is 29.2. The summed E-state index contributed by atoms with van der Waals surface area (Å²) in [7, 11) is 0. The Bertz CT molecular complexity index is 2190. The van der Waals surface area contributed by atoms with Crippen LogP contribution in [0.1, 0.15) is 57.5 Å². The summed E-state index contributed by atoms with van der Waals surface area (Å²) in [4.78, 5) is 14.0. The number of aromatic hydroxyl groups is 5. The molecule has 19 heteroatoms. The molecule has 2 saturated heterocycles. The Morgan fingerprint density at radius 1 is 0.623 bits per heavy atom. The average Bonchev–Trinajstić information content (AvgIpc) is 3.23. The van der Waals surface area contributed by atoms with Crippen molar-refractivity contribution in [2.45, 2.75) is 92.7 Å². The van der Waals surface area contributed by atoms with Crippen LogP contribution in [0.5, 0.6) is 46.0 Å². The van der Waals surface area contributed by atoms with Gasteiger partial charge >= 0.3 is 0 Å². The van der Waals surface area contributed by atoms with Crippen molar-refractivity contribution in [2.75, 3.05) is 13.2 Å². The van der Waals surface area contributed by atoms with Crippen molar-refractivity contribution in [2.24, 2.45) is 0 Å². The quantitative estimate of drug-likeness (QED) is 0.0895. The number of fused-ring (bicyclic) bond motifs is 1. The zero-order valence-electron chi connectivity index (χ0n) is 32.1. The van der Waals surface area contributed by atoms with Crippen LogP contribution in [0.3, 0.4) is 0 Å². The van der Waals surface area contributed by atoms with Crippen molar-refractivity contribution in [3.8, 4) is 46.0 Å². The van der Waals surface area contributed by atoms with Crippen LogP contribution in [-0.4, -0.2) is 147 Å². The molecule has 3 aliphatic heterocycles. The predicted molar refractivity (Wildman–Crippen MR) is 205 cm³/mol. The fourth-order valence-electron chi connectivity index (χ4n) is 7.76. The van der Waals surface area contributed by atoms with Crippen molar-refractivity contribution in [1.29, 1.82) is 0 Å². The second kappa shape index (κ2) is 17.9. The Balaban J connectivity index is 1.29. The van der Waals surface area contributed by atoms with E-state index in [1.165, 1.54) is 42.5 Å². The Morgan fingerprint density at radius 2 is 1.21 bits per heavy atom. The minimum absolute atomic E-state index is 0.00762. The minimum atomic E-state index is -1.85. The summed E-state index contributed by atoms with van der Waals surface area (Å²) in [5.41, 5.74) is 0.809. The third kappa shape index (κ3) is 8.70. The normalized spacial score (nSPS) is 29.3. The number of carbonyl (C=O) groups is 1. The molecule has 4 aromatic carbocycles. The summed E-state index contributed by atoms with van der Waals surface area (Å²) >= 11 is 0. The fourth-order valence-corrected chi connectivity index (χ4v) is 7.76. The first kappa shape index (κ1) is 43.6. The molecule has 328 valence electrons. The van der Waals surface area contributed by atoms with E-state index in [-0.39, 0.29) is 70.3 Å². The number of phenols is 5. The molecular weight excluding hydrogens is 808 g/mol. The maximum Gasteiger partial charge on any atom is 0.229 e. The lowest BCUT2D eigenvalue weighted by atomic mass is 9.82. The zero-order valence-corrected chi connectivity index (χ0v) is 32.1. The molecular formula is C42H46O19. The van der Waals surface area contributed by atoms with E-state index in [1.807, 2.05) is 0 Å². The van der Waals surface area contributed by atoms with Crippen molar-refractivity contribution < 1.29 is 94.9 Å². The number of benzene rings is 4. The molecule has 3 aliphatic rings. The second-order valence-electron chi connectivity index (χ2n) is 15.1. The highest BCUT2D eigenvalue weighted by Crippen LogP contribution is 2.52. The molecule has 2 fully saturated rings. The van der Waals surface area contributed by atoms with Gasteiger partial charge in [-0.2, -0.15) is 0 Å². The van der Waals surface area contributed by atoms with Gasteiger partial charge in [0.2, 0.25) is 12.6 Å². The molecule has 7 rings (SSSR count). The topological polar surface area (TPSA) is 326 Å². The van der Waals surface area contributed by atoms with Gasteiger partial charge < -0.3 is 90.1 Å². The van der Waals surface area contributed by atoms with Crippen LogP contribution in [0.25, 0.3) is 0 Å². The molecule has 0 amide bonds. The van der Waals surface area contributed by atoms with Crippen LogP contribution >= 0.6 is 0 Å². The summed E-state index contributed by atoms with van der Waals surface area (Å²) in [6, 6.07) is 15.0. The standard InChI is InChI=1S/C42H46O19/c43-15-30-34(51)36(53)38(55)41(60-30)58-28-12-20(46)7-9-21(28)22(8-3-17-1-5-19(45)6-2-17)32-24(48)13-25(49)33-26(50)14-27(57-40(32)33)18-4-10-23(47)29(11-18)59-42-39(56)37(54)35(52)31(16-44)61-42/h1-2,4-7,9-13,22,27,30-31,34-39,41-49,51-56H,3,8,14-16H2/t22-,27-,30+,31+,34+,35+,36-,37-,38+,39+,41+,42+/m0/s1. The largest absolute Gasteiger partial charge is 0.508 e. The molecule has 3 heterocycles. The Hall–Kier alpha value is -5.45. The van der Waals surface area contributed by atoms with Gasteiger partial charge in [0.15, 0.2) is 17.3 Å². The van der Waals surface area contributed by atoms with Crippen LogP contribution < -0.4 is 14.2 Å². The number of ketones is 1. The number of carbonyl (C=O) groups excluding carboxylic acids is 1. The number of Topliss-reactive ketones (excluding diaryl/α,β-unsaturated/α-hetero) is 1. The molecule has 13 N–H and O–H groups in total. The van der Waals surface area contributed by atoms with Gasteiger partial charge in [0.1, 0.15) is 95.0 Å². The van der Waals surface area contributed by atoms with Gasteiger partial charge in [0.25, 0.3) is 0 Å². The molecule has 4 aromatic rings. The molecule has 0 radical (unpaired) electrons. The summed E-state index contributed by atoms with van der Waals surface area (Å²) in [5.74, 6) is -4.33. The van der Waals surface area contributed by atoms with Crippen LogP contribution in [-0.2, 0) is 15.9 Å². The first-order valence-electron chi connectivity index (χ1n) is 19.3. The van der Waals surface area contributed by atoms with E-state index in [0.717, 1.165) is 17.7 Å². The van der Waals surface area contributed by atoms with Crippen LogP contribution in [0.15, 0.2) is 66.7 Å². The number of aliphatic hydroxyl groups is 8. The fraction of sp³-hybridized carbons (Fsp3) is 0.405. The molecule has 12 atom stereocenters.